The standard InChI is InChI=1S/C12H14Cl2FN/c13-10-4-8(5-10)6-16-7-9-2-1-3-11(14)12(9)15/h1-3,8,10,16H,4-7H2. The molecule has 0 saturated heterocycles. The maximum Gasteiger partial charge on any atom is 0.146 e. The minimum absolute atomic E-state index is 0.184. The molecule has 1 nitrogen and oxygen atoms in total. The van der Waals surface area contributed by atoms with E-state index in [1.54, 1.807) is 18.2 Å². The number of halogens is 3. The van der Waals surface area contributed by atoms with Crippen molar-refractivity contribution in [1.29, 1.82) is 0 Å². The average molecular weight is 262 g/mol. The van der Waals surface area contributed by atoms with Crippen LogP contribution in [0.1, 0.15) is 18.4 Å². The molecule has 16 heavy (non-hydrogen) atoms. The molecule has 1 aromatic rings. The minimum atomic E-state index is -0.319. The van der Waals surface area contributed by atoms with Gasteiger partial charge in [-0.05, 0) is 31.4 Å². The van der Waals surface area contributed by atoms with Crippen LogP contribution in [0.15, 0.2) is 18.2 Å². The molecule has 4 heteroatoms. The maximum absolute atomic E-state index is 13.5. The molecule has 0 heterocycles. The second-order valence-corrected chi connectivity index (χ2v) is 5.30. The Morgan fingerprint density at radius 2 is 2.12 bits per heavy atom. The van der Waals surface area contributed by atoms with E-state index in [1.165, 1.54) is 0 Å². The zero-order chi connectivity index (χ0) is 11.5. The lowest BCUT2D eigenvalue weighted by Gasteiger charge is -2.31. The van der Waals surface area contributed by atoms with E-state index in [1.807, 2.05) is 0 Å². The van der Waals surface area contributed by atoms with Crippen LogP contribution < -0.4 is 5.32 Å². The van der Waals surface area contributed by atoms with Crippen molar-refractivity contribution in [2.45, 2.75) is 24.8 Å². The molecule has 88 valence electrons. The third kappa shape index (κ3) is 2.88. The van der Waals surface area contributed by atoms with Gasteiger partial charge in [-0.25, -0.2) is 4.39 Å². The van der Waals surface area contributed by atoms with Crippen molar-refractivity contribution in [3.05, 3.63) is 34.6 Å². The summed E-state index contributed by atoms with van der Waals surface area (Å²) in [5, 5.41) is 3.76. The van der Waals surface area contributed by atoms with E-state index in [9.17, 15) is 4.39 Å². The van der Waals surface area contributed by atoms with Gasteiger partial charge in [-0.15, -0.1) is 11.6 Å². The predicted molar refractivity (Wildman–Crippen MR) is 65.5 cm³/mol. The summed E-state index contributed by atoms with van der Waals surface area (Å²) in [6.45, 7) is 1.42. The third-order valence-corrected chi connectivity index (χ3v) is 3.61. The molecule has 1 fully saturated rings. The molecule has 0 amide bonds. The SMILES string of the molecule is Fc1c(Cl)cccc1CNCC1CC(Cl)C1. The van der Waals surface area contributed by atoms with Crippen LogP contribution >= 0.6 is 23.2 Å². The van der Waals surface area contributed by atoms with Gasteiger partial charge in [-0.2, -0.15) is 0 Å². The van der Waals surface area contributed by atoms with Crippen molar-refractivity contribution < 1.29 is 4.39 Å². The van der Waals surface area contributed by atoms with Gasteiger partial charge in [0.15, 0.2) is 0 Å². The van der Waals surface area contributed by atoms with Crippen LogP contribution in [-0.2, 0) is 6.54 Å². The Balaban J connectivity index is 1.79. The van der Waals surface area contributed by atoms with Crippen LogP contribution in [0.25, 0.3) is 0 Å². The number of alkyl halides is 1. The Labute approximate surface area is 105 Å². The van der Waals surface area contributed by atoms with Gasteiger partial charge in [0, 0.05) is 17.5 Å². The van der Waals surface area contributed by atoms with E-state index >= 15 is 0 Å². The van der Waals surface area contributed by atoms with Gasteiger partial charge in [0.05, 0.1) is 5.02 Å². The van der Waals surface area contributed by atoms with E-state index in [0.717, 1.165) is 19.4 Å². The Kier molecular flexibility index (Phi) is 4.06. The summed E-state index contributed by atoms with van der Waals surface area (Å²) in [7, 11) is 0. The lowest BCUT2D eigenvalue weighted by molar-refractivity contribution is 0.308. The molecule has 0 unspecified atom stereocenters. The van der Waals surface area contributed by atoms with E-state index < -0.39 is 0 Å². The van der Waals surface area contributed by atoms with Gasteiger partial charge in [-0.1, -0.05) is 23.7 Å². The lowest BCUT2D eigenvalue weighted by atomic mass is 9.85. The molecule has 1 saturated carbocycles. The van der Waals surface area contributed by atoms with Gasteiger partial charge in [0.1, 0.15) is 5.82 Å². The zero-order valence-electron chi connectivity index (χ0n) is 8.85. The number of hydrogen-bond acceptors (Lipinski definition) is 1. The summed E-state index contributed by atoms with van der Waals surface area (Å²) >= 11 is 11.6. The normalized spacial score (nSPS) is 24.2. The number of hydrogen-bond donors (Lipinski definition) is 1. The first kappa shape index (κ1) is 12.2. The number of rotatable bonds is 4. The second-order valence-electron chi connectivity index (χ2n) is 4.28. The Morgan fingerprint density at radius 3 is 2.81 bits per heavy atom. The number of benzene rings is 1. The summed E-state index contributed by atoms with van der Waals surface area (Å²) in [4.78, 5) is 0. The van der Waals surface area contributed by atoms with Crippen molar-refractivity contribution in [3.8, 4) is 0 Å². The summed E-state index contributed by atoms with van der Waals surface area (Å²) in [6, 6.07) is 5.07. The van der Waals surface area contributed by atoms with Crippen LogP contribution in [0.3, 0.4) is 0 Å². The Morgan fingerprint density at radius 1 is 1.38 bits per heavy atom. The molecule has 2 rings (SSSR count). The maximum atomic E-state index is 13.5. The predicted octanol–water partition coefficient (Wildman–Crippen LogP) is 3.59. The highest BCUT2D eigenvalue weighted by molar-refractivity contribution is 6.30. The molecule has 1 aromatic carbocycles. The highest BCUT2D eigenvalue weighted by atomic mass is 35.5. The van der Waals surface area contributed by atoms with Gasteiger partial charge in [0.2, 0.25) is 0 Å². The molecular formula is C12H14Cl2FN. The summed E-state index contributed by atoms with van der Waals surface area (Å²) in [6.07, 6.45) is 2.12. The van der Waals surface area contributed by atoms with Crippen molar-refractivity contribution in [3.63, 3.8) is 0 Å². The third-order valence-electron chi connectivity index (χ3n) is 2.96. The van der Waals surface area contributed by atoms with Crippen LogP contribution in [0.4, 0.5) is 4.39 Å². The van der Waals surface area contributed by atoms with E-state index in [-0.39, 0.29) is 10.8 Å². The fraction of sp³-hybridized carbons (Fsp3) is 0.500. The van der Waals surface area contributed by atoms with Crippen LogP contribution in [-0.4, -0.2) is 11.9 Å². The first-order chi connectivity index (χ1) is 7.66. The smallest absolute Gasteiger partial charge is 0.146 e. The highest BCUT2D eigenvalue weighted by Gasteiger charge is 2.26. The second kappa shape index (κ2) is 5.35. The number of nitrogens with one attached hydrogen (secondary N) is 1. The van der Waals surface area contributed by atoms with Crippen LogP contribution in [0, 0.1) is 11.7 Å². The van der Waals surface area contributed by atoms with E-state index in [2.05, 4.69) is 5.32 Å². The Hall–Kier alpha value is -0.310. The summed E-state index contributed by atoms with van der Waals surface area (Å²) in [5.74, 6) is 0.324. The molecule has 0 radical (unpaired) electrons. The molecule has 1 N–H and O–H groups in total. The van der Waals surface area contributed by atoms with Gasteiger partial charge in [-0.3, -0.25) is 0 Å². The van der Waals surface area contributed by atoms with Gasteiger partial charge >= 0.3 is 0 Å². The van der Waals surface area contributed by atoms with Gasteiger partial charge < -0.3 is 5.32 Å². The molecule has 0 atom stereocenters. The molecule has 0 aromatic heterocycles. The molecule has 0 aliphatic heterocycles. The molecule has 0 spiro atoms. The van der Waals surface area contributed by atoms with E-state index in [4.69, 9.17) is 23.2 Å². The molecule has 1 aliphatic carbocycles. The zero-order valence-corrected chi connectivity index (χ0v) is 10.4. The lowest BCUT2D eigenvalue weighted by Crippen LogP contribution is -2.33. The summed E-state index contributed by atoms with van der Waals surface area (Å²) in [5.41, 5.74) is 0.620. The molecule has 0 bridgehead atoms. The van der Waals surface area contributed by atoms with Crippen LogP contribution in [0.5, 0.6) is 0 Å². The quantitative estimate of drug-likeness (QED) is 0.818. The molecular weight excluding hydrogens is 248 g/mol. The first-order valence-corrected chi connectivity index (χ1v) is 6.26. The fourth-order valence-corrected chi connectivity index (χ4v) is 2.62. The van der Waals surface area contributed by atoms with E-state index in [0.29, 0.717) is 23.4 Å². The van der Waals surface area contributed by atoms with Crippen molar-refractivity contribution in [2.24, 2.45) is 5.92 Å². The monoisotopic (exact) mass is 261 g/mol. The van der Waals surface area contributed by atoms with Crippen LogP contribution in [0.2, 0.25) is 5.02 Å². The highest BCUT2D eigenvalue weighted by Crippen LogP contribution is 2.31. The first-order valence-electron chi connectivity index (χ1n) is 5.44. The minimum Gasteiger partial charge on any atom is -0.312 e. The average Bonchev–Trinajstić information content (AvgIpc) is 2.21. The van der Waals surface area contributed by atoms with Crippen molar-refractivity contribution >= 4 is 23.2 Å². The van der Waals surface area contributed by atoms with Crippen molar-refractivity contribution in [1.82, 2.24) is 5.32 Å². The molecule has 1 aliphatic rings. The van der Waals surface area contributed by atoms with Gasteiger partial charge in [0.25, 0.3) is 0 Å². The summed E-state index contributed by atoms with van der Waals surface area (Å²) < 4.78 is 13.5. The fourth-order valence-electron chi connectivity index (χ4n) is 1.92. The topological polar surface area (TPSA) is 12.0 Å². The Bertz CT molecular complexity index is 364. The largest absolute Gasteiger partial charge is 0.312 e. The van der Waals surface area contributed by atoms with Crippen molar-refractivity contribution in [2.75, 3.05) is 6.54 Å².